The molecule has 0 aromatic heterocycles. The quantitative estimate of drug-likeness (QED) is 0.482. The normalized spacial score (nSPS) is 19.5. The highest BCUT2D eigenvalue weighted by Crippen LogP contribution is 2.31. The van der Waals surface area contributed by atoms with Crippen LogP contribution in [0.5, 0.6) is 0 Å². The molecule has 0 aromatic rings. The van der Waals surface area contributed by atoms with Crippen LogP contribution in [0.1, 0.15) is 12.8 Å². The van der Waals surface area contributed by atoms with E-state index < -0.39 is 0 Å². The van der Waals surface area contributed by atoms with E-state index in [9.17, 15) is 4.79 Å². The van der Waals surface area contributed by atoms with Crippen molar-refractivity contribution in [3.8, 4) is 0 Å². The standard InChI is InChI=1S/C7H14N2O2/c8-6(5-1-2-5)7(11)9-3-4-10/h5-6,10H,1-4,8H2,(H,9,11). The summed E-state index contributed by atoms with van der Waals surface area (Å²) < 4.78 is 0. The van der Waals surface area contributed by atoms with E-state index in [4.69, 9.17) is 10.8 Å². The molecule has 1 aliphatic rings. The third-order valence-electron chi connectivity index (χ3n) is 1.84. The first-order valence-corrected chi connectivity index (χ1v) is 3.90. The molecule has 0 heterocycles. The van der Waals surface area contributed by atoms with Crippen molar-refractivity contribution >= 4 is 5.91 Å². The number of hydrogen-bond acceptors (Lipinski definition) is 3. The third-order valence-corrected chi connectivity index (χ3v) is 1.84. The van der Waals surface area contributed by atoms with Gasteiger partial charge in [0.05, 0.1) is 12.6 Å². The average molecular weight is 158 g/mol. The average Bonchev–Trinajstić information content (AvgIpc) is 2.81. The minimum atomic E-state index is -0.360. The maximum absolute atomic E-state index is 11.0. The van der Waals surface area contributed by atoms with Crippen LogP contribution in [0.4, 0.5) is 0 Å². The van der Waals surface area contributed by atoms with Crippen molar-refractivity contribution in [3.63, 3.8) is 0 Å². The number of amides is 1. The lowest BCUT2D eigenvalue weighted by Crippen LogP contribution is -2.42. The van der Waals surface area contributed by atoms with Crippen LogP contribution in [0.3, 0.4) is 0 Å². The van der Waals surface area contributed by atoms with Crippen LogP contribution in [0, 0.1) is 5.92 Å². The molecule has 1 unspecified atom stereocenters. The molecule has 1 aliphatic carbocycles. The van der Waals surface area contributed by atoms with Gasteiger partial charge in [-0.15, -0.1) is 0 Å². The first-order valence-electron chi connectivity index (χ1n) is 3.90. The fourth-order valence-corrected chi connectivity index (χ4v) is 0.966. The molecule has 4 N–H and O–H groups in total. The van der Waals surface area contributed by atoms with Crippen molar-refractivity contribution in [2.24, 2.45) is 11.7 Å². The second-order valence-electron chi connectivity index (χ2n) is 2.88. The minimum absolute atomic E-state index is 0.0247. The van der Waals surface area contributed by atoms with Crippen LogP contribution < -0.4 is 11.1 Å². The minimum Gasteiger partial charge on any atom is -0.395 e. The SMILES string of the molecule is NC(C(=O)NCCO)C1CC1. The Morgan fingerprint density at radius 1 is 1.73 bits per heavy atom. The fraction of sp³-hybridized carbons (Fsp3) is 0.857. The third kappa shape index (κ3) is 2.48. The second kappa shape index (κ2) is 3.69. The molecule has 0 spiro atoms. The maximum atomic E-state index is 11.0. The summed E-state index contributed by atoms with van der Waals surface area (Å²) in [6.45, 7) is 0.280. The van der Waals surface area contributed by atoms with E-state index in [1.54, 1.807) is 0 Å². The molecule has 0 radical (unpaired) electrons. The number of nitrogens with one attached hydrogen (secondary N) is 1. The number of carbonyl (C=O) groups is 1. The Kier molecular flexibility index (Phi) is 2.84. The number of nitrogens with two attached hydrogens (primary N) is 1. The summed E-state index contributed by atoms with van der Waals surface area (Å²) >= 11 is 0. The monoisotopic (exact) mass is 158 g/mol. The van der Waals surface area contributed by atoms with Crippen LogP contribution in [-0.2, 0) is 4.79 Å². The van der Waals surface area contributed by atoms with E-state index >= 15 is 0 Å². The van der Waals surface area contributed by atoms with Crippen LogP contribution in [0.15, 0.2) is 0 Å². The van der Waals surface area contributed by atoms with Crippen LogP contribution >= 0.6 is 0 Å². The molecule has 4 nitrogen and oxygen atoms in total. The van der Waals surface area contributed by atoms with Gasteiger partial charge >= 0.3 is 0 Å². The van der Waals surface area contributed by atoms with Gasteiger partial charge in [-0.2, -0.15) is 0 Å². The molecule has 1 atom stereocenters. The van der Waals surface area contributed by atoms with E-state index in [0.29, 0.717) is 12.5 Å². The Hall–Kier alpha value is -0.610. The number of hydrogen-bond donors (Lipinski definition) is 3. The second-order valence-corrected chi connectivity index (χ2v) is 2.88. The van der Waals surface area contributed by atoms with Crippen LogP contribution in [-0.4, -0.2) is 30.2 Å². The Balaban J connectivity index is 2.16. The molecule has 64 valence electrons. The molecular weight excluding hydrogens is 144 g/mol. The highest BCUT2D eigenvalue weighted by Gasteiger charge is 2.32. The van der Waals surface area contributed by atoms with Crippen molar-refractivity contribution in [1.82, 2.24) is 5.32 Å². The zero-order valence-electron chi connectivity index (χ0n) is 6.42. The lowest BCUT2D eigenvalue weighted by atomic mass is 10.2. The molecule has 11 heavy (non-hydrogen) atoms. The van der Waals surface area contributed by atoms with Gasteiger partial charge in [-0.05, 0) is 18.8 Å². The zero-order chi connectivity index (χ0) is 8.27. The first kappa shape index (κ1) is 8.49. The zero-order valence-corrected chi connectivity index (χ0v) is 6.42. The van der Waals surface area contributed by atoms with Crippen LogP contribution in [0.25, 0.3) is 0 Å². The summed E-state index contributed by atoms with van der Waals surface area (Å²) in [4.78, 5) is 11.0. The van der Waals surface area contributed by atoms with E-state index in [1.165, 1.54) is 0 Å². The van der Waals surface area contributed by atoms with Crippen molar-refractivity contribution in [2.45, 2.75) is 18.9 Å². The predicted octanol–water partition coefficient (Wildman–Crippen LogP) is -1.17. The van der Waals surface area contributed by atoms with Gasteiger partial charge in [-0.25, -0.2) is 0 Å². The molecule has 1 rings (SSSR count). The summed E-state index contributed by atoms with van der Waals surface area (Å²) in [5, 5.41) is 10.9. The van der Waals surface area contributed by atoms with Gasteiger partial charge in [0.15, 0.2) is 0 Å². The molecule has 1 saturated carbocycles. The lowest BCUT2D eigenvalue weighted by Gasteiger charge is -2.09. The number of aliphatic hydroxyl groups excluding tert-OH is 1. The predicted molar refractivity (Wildman–Crippen MR) is 40.8 cm³/mol. The summed E-state index contributed by atoms with van der Waals surface area (Å²) in [5.74, 6) is 0.246. The number of aliphatic hydroxyl groups is 1. The van der Waals surface area contributed by atoms with Gasteiger partial charge in [0, 0.05) is 6.54 Å². The van der Waals surface area contributed by atoms with Gasteiger partial charge in [-0.3, -0.25) is 4.79 Å². The number of rotatable bonds is 4. The molecule has 1 fully saturated rings. The Morgan fingerprint density at radius 3 is 2.82 bits per heavy atom. The molecule has 0 saturated heterocycles. The maximum Gasteiger partial charge on any atom is 0.237 e. The fourth-order valence-electron chi connectivity index (χ4n) is 0.966. The molecule has 0 bridgehead atoms. The summed E-state index contributed by atoms with van der Waals surface area (Å²) in [6, 6.07) is -0.360. The van der Waals surface area contributed by atoms with Gasteiger partial charge in [0.1, 0.15) is 0 Å². The van der Waals surface area contributed by atoms with Crippen molar-refractivity contribution < 1.29 is 9.90 Å². The smallest absolute Gasteiger partial charge is 0.237 e. The Morgan fingerprint density at radius 2 is 2.36 bits per heavy atom. The van der Waals surface area contributed by atoms with E-state index in [0.717, 1.165) is 12.8 Å². The van der Waals surface area contributed by atoms with Crippen LogP contribution in [0.2, 0.25) is 0 Å². The van der Waals surface area contributed by atoms with E-state index in [1.807, 2.05) is 0 Å². The van der Waals surface area contributed by atoms with E-state index in [2.05, 4.69) is 5.32 Å². The van der Waals surface area contributed by atoms with Gasteiger partial charge in [0.25, 0.3) is 0 Å². The summed E-state index contributed by atoms with van der Waals surface area (Å²) in [7, 11) is 0. The molecule has 1 amide bonds. The largest absolute Gasteiger partial charge is 0.395 e. The van der Waals surface area contributed by atoms with Gasteiger partial charge in [0.2, 0.25) is 5.91 Å². The van der Waals surface area contributed by atoms with E-state index in [-0.39, 0.29) is 18.6 Å². The highest BCUT2D eigenvalue weighted by atomic mass is 16.3. The summed E-state index contributed by atoms with van der Waals surface area (Å²) in [5.41, 5.74) is 5.57. The molecule has 0 aliphatic heterocycles. The van der Waals surface area contributed by atoms with Crippen molar-refractivity contribution in [1.29, 1.82) is 0 Å². The topological polar surface area (TPSA) is 75.4 Å². The molecular formula is C7H14N2O2. The van der Waals surface area contributed by atoms with Crippen molar-refractivity contribution in [2.75, 3.05) is 13.2 Å². The lowest BCUT2D eigenvalue weighted by molar-refractivity contribution is -0.122. The number of carbonyl (C=O) groups excluding carboxylic acids is 1. The molecule has 0 aromatic carbocycles. The Bertz CT molecular complexity index is 145. The molecule has 4 heteroatoms. The van der Waals surface area contributed by atoms with Gasteiger partial charge in [-0.1, -0.05) is 0 Å². The van der Waals surface area contributed by atoms with Crippen molar-refractivity contribution in [3.05, 3.63) is 0 Å². The first-order chi connectivity index (χ1) is 5.25. The summed E-state index contributed by atoms with van der Waals surface area (Å²) in [6.07, 6.45) is 2.13. The Labute approximate surface area is 65.8 Å². The highest BCUT2D eigenvalue weighted by molar-refractivity contribution is 5.82. The van der Waals surface area contributed by atoms with Gasteiger partial charge < -0.3 is 16.2 Å².